The van der Waals surface area contributed by atoms with Crippen LogP contribution in [0.3, 0.4) is 0 Å². The first kappa shape index (κ1) is 27.6. The maximum atomic E-state index is 8.85. The Morgan fingerprint density at radius 2 is 0.957 bits per heavy atom. The van der Waals surface area contributed by atoms with Crippen LogP contribution in [0.25, 0.3) is 0 Å². The van der Waals surface area contributed by atoms with Gasteiger partial charge in [-0.3, -0.25) is 9.11 Å². The standard InChI is InChI=1S/2C8H18O.H2O4S/c2*1-3-4-5-6-7-8(2)9;1-5(2,3)4/h2*8-9H,3-7H2,1-2H3;(H2,1,2,3,4). The lowest BCUT2D eigenvalue weighted by Crippen LogP contribution is -1.97. The molecule has 23 heavy (non-hydrogen) atoms. The van der Waals surface area contributed by atoms with Crippen LogP contribution in [-0.2, 0) is 10.4 Å². The van der Waals surface area contributed by atoms with Gasteiger partial charge >= 0.3 is 10.4 Å². The molecule has 0 aromatic rings. The normalized spacial score (nSPS) is 13.2. The number of aliphatic hydroxyl groups is 2. The summed E-state index contributed by atoms with van der Waals surface area (Å²) in [7, 11) is -4.67. The smallest absolute Gasteiger partial charge is 0.393 e. The summed E-state index contributed by atoms with van der Waals surface area (Å²) in [5.74, 6) is 0. The molecule has 0 fully saturated rings. The number of rotatable bonds is 10. The van der Waals surface area contributed by atoms with Crippen molar-refractivity contribution in [3.63, 3.8) is 0 Å². The van der Waals surface area contributed by atoms with Crippen LogP contribution < -0.4 is 0 Å². The minimum Gasteiger partial charge on any atom is -0.393 e. The van der Waals surface area contributed by atoms with Crippen LogP contribution in [0.1, 0.15) is 91.9 Å². The van der Waals surface area contributed by atoms with Gasteiger partial charge in [0.15, 0.2) is 0 Å². The first-order valence-corrected chi connectivity index (χ1v) is 10.00. The topological polar surface area (TPSA) is 115 Å². The summed E-state index contributed by atoms with van der Waals surface area (Å²) in [5.41, 5.74) is 0. The lowest BCUT2D eigenvalue weighted by atomic mass is 10.1. The first-order valence-electron chi connectivity index (χ1n) is 8.60. The summed E-state index contributed by atoms with van der Waals surface area (Å²) in [6.07, 6.45) is 11.9. The maximum Gasteiger partial charge on any atom is 0.394 e. The van der Waals surface area contributed by atoms with Gasteiger partial charge in [-0.05, 0) is 26.7 Å². The fourth-order valence-electron chi connectivity index (χ4n) is 1.73. The van der Waals surface area contributed by atoms with E-state index in [1.54, 1.807) is 0 Å². The van der Waals surface area contributed by atoms with Gasteiger partial charge in [0.25, 0.3) is 0 Å². The summed E-state index contributed by atoms with van der Waals surface area (Å²) >= 11 is 0. The Kier molecular flexibility index (Phi) is 23.8. The van der Waals surface area contributed by atoms with E-state index in [-0.39, 0.29) is 12.2 Å². The first-order chi connectivity index (χ1) is 10.5. The SMILES string of the molecule is CCCCCCC(C)O.CCCCCCC(C)O.O=S(=O)(O)O. The molecule has 0 saturated heterocycles. The van der Waals surface area contributed by atoms with Gasteiger partial charge in [-0.1, -0.05) is 65.2 Å². The molecule has 0 aromatic heterocycles. The summed E-state index contributed by atoms with van der Waals surface area (Å²) in [6, 6.07) is 0. The van der Waals surface area contributed by atoms with E-state index in [2.05, 4.69) is 13.8 Å². The summed E-state index contributed by atoms with van der Waals surface area (Å²) in [6.45, 7) is 8.10. The molecule has 0 amide bonds. The fourth-order valence-corrected chi connectivity index (χ4v) is 1.73. The van der Waals surface area contributed by atoms with Crippen molar-refractivity contribution in [1.29, 1.82) is 0 Å². The van der Waals surface area contributed by atoms with E-state index in [9.17, 15) is 0 Å². The molecular weight excluding hydrogens is 320 g/mol. The second kappa shape index (κ2) is 19.8. The van der Waals surface area contributed by atoms with E-state index in [1.165, 1.54) is 51.4 Å². The molecule has 0 aliphatic rings. The van der Waals surface area contributed by atoms with Crippen molar-refractivity contribution in [1.82, 2.24) is 0 Å². The van der Waals surface area contributed by atoms with Gasteiger partial charge in [-0.2, -0.15) is 8.42 Å². The van der Waals surface area contributed by atoms with Crippen molar-refractivity contribution >= 4 is 10.4 Å². The monoisotopic (exact) mass is 358 g/mol. The Bertz CT molecular complexity index is 278. The quantitative estimate of drug-likeness (QED) is 0.346. The number of hydrogen-bond donors (Lipinski definition) is 4. The van der Waals surface area contributed by atoms with Gasteiger partial charge in [0, 0.05) is 0 Å². The molecule has 4 N–H and O–H groups in total. The largest absolute Gasteiger partial charge is 0.394 e. The highest BCUT2D eigenvalue weighted by atomic mass is 32.3. The van der Waals surface area contributed by atoms with E-state index in [4.69, 9.17) is 27.7 Å². The zero-order valence-electron chi connectivity index (χ0n) is 15.2. The number of unbranched alkanes of at least 4 members (excludes halogenated alkanes) is 6. The molecule has 0 heterocycles. The second-order valence-electron chi connectivity index (χ2n) is 5.84. The molecule has 144 valence electrons. The highest BCUT2D eigenvalue weighted by Gasteiger charge is 1.94. The van der Waals surface area contributed by atoms with Gasteiger partial charge in [0.05, 0.1) is 12.2 Å². The molecule has 0 bridgehead atoms. The number of aliphatic hydroxyl groups excluding tert-OH is 2. The molecule has 0 rings (SSSR count). The third kappa shape index (κ3) is 61.4. The van der Waals surface area contributed by atoms with E-state index in [0.717, 1.165) is 12.8 Å². The Morgan fingerprint density at radius 3 is 1.13 bits per heavy atom. The molecule has 2 unspecified atom stereocenters. The molecule has 0 radical (unpaired) electrons. The van der Waals surface area contributed by atoms with Crippen molar-refractivity contribution < 1.29 is 27.7 Å². The average Bonchev–Trinajstić information content (AvgIpc) is 2.38. The van der Waals surface area contributed by atoms with Crippen molar-refractivity contribution in [2.75, 3.05) is 0 Å². The van der Waals surface area contributed by atoms with Crippen LogP contribution in [0.5, 0.6) is 0 Å². The van der Waals surface area contributed by atoms with E-state index >= 15 is 0 Å². The third-order valence-corrected chi connectivity index (χ3v) is 2.95. The second-order valence-corrected chi connectivity index (χ2v) is 6.74. The summed E-state index contributed by atoms with van der Waals surface area (Å²) < 4.78 is 31.6. The van der Waals surface area contributed by atoms with Crippen LogP contribution in [-0.4, -0.2) is 39.9 Å². The average molecular weight is 359 g/mol. The number of hydrogen-bond acceptors (Lipinski definition) is 4. The van der Waals surface area contributed by atoms with E-state index in [0.29, 0.717) is 0 Å². The van der Waals surface area contributed by atoms with Crippen LogP contribution in [0.4, 0.5) is 0 Å². The molecule has 0 spiro atoms. The van der Waals surface area contributed by atoms with Crippen LogP contribution in [0.2, 0.25) is 0 Å². The summed E-state index contributed by atoms with van der Waals surface area (Å²) in [4.78, 5) is 0. The molecule has 6 nitrogen and oxygen atoms in total. The predicted molar refractivity (Wildman–Crippen MR) is 95.1 cm³/mol. The van der Waals surface area contributed by atoms with Crippen LogP contribution in [0.15, 0.2) is 0 Å². The van der Waals surface area contributed by atoms with Crippen molar-refractivity contribution in [3.05, 3.63) is 0 Å². The third-order valence-electron chi connectivity index (χ3n) is 2.95. The maximum absolute atomic E-state index is 8.85. The summed E-state index contributed by atoms with van der Waals surface area (Å²) in [5, 5.41) is 17.7. The lowest BCUT2D eigenvalue weighted by Gasteiger charge is -2.01. The van der Waals surface area contributed by atoms with E-state index < -0.39 is 10.4 Å². The zero-order valence-corrected chi connectivity index (χ0v) is 16.1. The lowest BCUT2D eigenvalue weighted by molar-refractivity contribution is 0.180. The molecule has 2 atom stereocenters. The zero-order chi connectivity index (χ0) is 18.7. The Balaban J connectivity index is -0.000000273. The van der Waals surface area contributed by atoms with E-state index in [1.807, 2.05) is 13.8 Å². The highest BCUT2D eigenvalue weighted by molar-refractivity contribution is 7.79. The van der Waals surface area contributed by atoms with Crippen molar-refractivity contribution in [2.45, 2.75) is 104 Å². The van der Waals surface area contributed by atoms with Crippen molar-refractivity contribution in [2.24, 2.45) is 0 Å². The van der Waals surface area contributed by atoms with Crippen LogP contribution >= 0.6 is 0 Å². The Morgan fingerprint density at radius 1 is 0.696 bits per heavy atom. The molecule has 0 aliphatic carbocycles. The van der Waals surface area contributed by atoms with Crippen molar-refractivity contribution in [3.8, 4) is 0 Å². The molecular formula is C16H38O6S. The fraction of sp³-hybridized carbons (Fsp3) is 1.00. The minimum absolute atomic E-state index is 0.0955. The Hall–Kier alpha value is -0.210. The van der Waals surface area contributed by atoms with Gasteiger partial charge in [0.2, 0.25) is 0 Å². The van der Waals surface area contributed by atoms with Gasteiger partial charge in [-0.15, -0.1) is 0 Å². The molecule has 0 aliphatic heterocycles. The molecule has 0 aromatic carbocycles. The van der Waals surface area contributed by atoms with Crippen LogP contribution in [0, 0.1) is 0 Å². The minimum atomic E-state index is -4.67. The van der Waals surface area contributed by atoms with Gasteiger partial charge < -0.3 is 10.2 Å². The highest BCUT2D eigenvalue weighted by Crippen LogP contribution is 2.04. The van der Waals surface area contributed by atoms with Gasteiger partial charge in [-0.25, -0.2) is 0 Å². The Labute approximate surface area is 142 Å². The van der Waals surface area contributed by atoms with Gasteiger partial charge in [0.1, 0.15) is 0 Å². The molecule has 7 heteroatoms. The molecule has 0 saturated carbocycles. The predicted octanol–water partition coefficient (Wildman–Crippen LogP) is 4.02.